The zero-order valence-electron chi connectivity index (χ0n) is 51.9. The number of esters is 4. The number of hydrogen-bond acceptors (Lipinski definition) is 18. The Bertz CT molecular complexity index is 3840. The first kappa shape index (κ1) is 69.5. The minimum absolute atomic E-state index is 0.299. The van der Waals surface area contributed by atoms with E-state index in [2.05, 4.69) is 51.4 Å². The molecule has 0 unspecified atom stereocenters. The van der Waals surface area contributed by atoms with Crippen LogP contribution in [0.25, 0.3) is 0 Å². The summed E-state index contributed by atoms with van der Waals surface area (Å²) in [7, 11) is 9.78. The van der Waals surface area contributed by atoms with Crippen molar-refractivity contribution < 1.29 is 66.7 Å². The summed E-state index contributed by atoms with van der Waals surface area (Å²) >= 11 is 3.34. The van der Waals surface area contributed by atoms with Crippen LogP contribution in [0.2, 0.25) is 0 Å². The maximum atomic E-state index is 12.8. The van der Waals surface area contributed by atoms with Crippen molar-refractivity contribution in [3.05, 3.63) is 231 Å². The van der Waals surface area contributed by atoms with Gasteiger partial charge in [0.25, 0.3) is 17.7 Å². The van der Waals surface area contributed by atoms with Gasteiger partial charge in [-0.15, -0.1) is 0 Å². The molecule has 91 heavy (non-hydrogen) atoms. The highest BCUT2D eigenvalue weighted by atomic mass is 79.9. The van der Waals surface area contributed by atoms with E-state index >= 15 is 0 Å². The molecule has 5 N–H and O–H groups in total. The summed E-state index contributed by atoms with van der Waals surface area (Å²) in [5.74, 6) is -0.609. The second kappa shape index (κ2) is 34.8. The zero-order chi connectivity index (χ0) is 66.0. The van der Waals surface area contributed by atoms with Gasteiger partial charge in [0.2, 0.25) is 0 Å². The maximum Gasteiger partial charge on any atom is 0.339 e. The fraction of sp³-hybridized carbons (Fsp3) is 0.217. The van der Waals surface area contributed by atoms with Crippen LogP contribution in [0.1, 0.15) is 94.8 Å². The minimum atomic E-state index is -0.511. The number of alkyl halides is 1. The standard InChI is InChI=1S/C26H28N4O4.C17H16BrNO4.C17H17NO4.C9H11NO2/c1-33-23-8-4-3-7-20(23)25(31)28-22-11-10-19(17-21(22)26(32)34-2)18-29-13-15-30(16-14-29)24-9-5-6-12-27-24;1-22-15-6-4-3-5-12(15)16(20)19-14-8-7-11(10-18)9-13(14)17(21)23-2;1-11-8-9-14(13(10-11)17(20)22-3)18-16(19)12-6-4-5-7-15(12)21-2;1-6-3-4-8(10)7(5-6)9(11)12-2/h3-12,17H,13-16,18H2,1-2H3,(H,28,31);3-9H,10H2,1-2H3,(H,19,20);4-10H,1-3H3,(H,18,19);3-5H,10H2,1-2H3. The summed E-state index contributed by atoms with van der Waals surface area (Å²) in [4.78, 5) is 94.1. The van der Waals surface area contributed by atoms with Gasteiger partial charge in [0.15, 0.2) is 0 Å². The summed E-state index contributed by atoms with van der Waals surface area (Å²) in [6.45, 7) is 7.99. The van der Waals surface area contributed by atoms with E-state index in [1.54, 1.807) is 121 Å². The first-order valence-corrected chi connectivity index (χ1v) is 29.4. The van der Waals surface area contributed by atoms with Crippen LogP contribution in [-0.2, 0) is 30.8 Å². The van der Waals surface area contributed by atoms with Crippen LogP contribution in [0.3, 0.4) is 0 Å². The van der Waals surface area contributed by atoms with E-state index in [1.807, 2.05) is 62.5 Å². The Morgan fingerprint density at radius 2 is 0.813 bits per heavy atom. The average Bonchev–Trinajstić information content (AvgIpc) is 1.70. The lowest BCUT2D eigenvalue weighted by Gasteiger charge is -2.35. The molecule has 22 heteroatoms. The van der Waals surface area contributed by atoms with Crippen LogP contribution in [0.5, 0.6) is 17.2 Å². The number of methoxy groups -OCH3 is 7. The number of carbonyl (C=O) groups excluding carboxylic acids is 7. The summed E-state index contributed by atoms with van der Waals surface area (Å²) in [6.07, 6.45) is 1.81. The van der Waals surface area contributed by atoms with Gasteiger partial charge in [-0.1, -0.05) is 93.8 Å². The van der Waals surface area contributed by atoms with Crippen molar-refractivity contribution in [1.82, 2.24) is 9.88 Å². The van der Waals surface area contributed by atoms with Crippen LogP contribution in [0.15, 0.2) is 170 Å². The largest absolute Gasteiger partial charge is 0.496 e. The number of benzene rings is 7. The molecular weight excluding hydrogens is 1230 g/mol. The van der Waals surface area contributed by atoms with Crippen molar-refractivity contribution in [3.8, 4) is 17.2 Å². The van der Waals surface area contributed by atoms with Crippen LogP contribution >= 0.6 is 15.9 Å². The molecule has 1 aliphatic rings. The number of para-hydroxylation sites is 3. The molecule has 0 atom stereocenters. The summed E-state index contributed by atoms with van der Waals surface area (Å²) in [6, 6.07) is 47.7. The van der Waals surface area contributed by atoms with Gasteiger partial charge in [0, 0.05) is 49.9 Å². The lowest BCUT2D eigenvalue weighted by atomic mass is 10.1. The maximum absolute atomic E-state index is 12.8. The Kier molecular flexibility index (Phi) is 26.6. The molecule has 2 heterocycles. The van der Waals surface area contributed by atoms with Gasteiger partial charge in [-0.3, -0.25) is 19.3 Å². The van der Waals surface area contributed by atoms with Crippen molar-refractivity contribution >= 4 is 86.1 Å². The van der Waals surface area contributed by atoms with Crippen molar-refractivity contribution in [1.29, 1.82) is 0 Å². The Morgan fingerprint density at radius 1 is 0.440 bits per heavy atom. The topological polar surface area (TPSA) is 266 Å². The van der Waals surface area contributed by atoms with Gasteiger partial charge in [-0.2, -0.15) is 0 Å². The molecule has 1 fully saturated rings. The molecule has 21 nitrogen and oxygen atoms in total. The minimum Gasteiger partial charge on any atom is -0.496 e. The lowest BCUT2D eigenvalue weighted by molar-refractivity contribution is 0.0592. The van der Waals surface area contributed by atoms with E-state index in [4.69, 9.17) is 34.2 Å². The molecule has 1 saturated heterocycles. The third-order valence-corrected chi connectivity index (χ3v) is 14.5. The van der Waals surface area contributed by atoms with Gasteiger partial charge in [0.1, 0.15) is 23.1 Å². The van der Waals surface area contributed by atoms with E-state index in [9.17, 15) is 33.6 Å². The van der Waals surface area contributed by atoms with Gasteiger partial charge in [-0.05, 0) is 122 Å². The average molecular weight is 1300 g/mol. The molecule has 8 aromatic rings. The molecule has 0 radical (unpaired) electrons. The van der Waals surface area contributed by atoms with E-state index < -0.39 is 23.9 Å². The molecule has 7 aromatic carbocycles. The highest BCUT2D eigenvalue weighted by molar-refractivity contribution is 9.08. The fourth-order valence-corrected chi connectivity index (χ4v) is 9.49. The van der Waals surface area contributed by atoms with Gasteiger partial charge < -0.3 is 59.7 Å². The van der Waals surface area contributed by atoms with Crippen molar-refractivity contribution in [3.63, 3.8) is 0 Å². The Labute approximate surface area is 536 Å². The SMILES string of the molecule is COC(=O)c1cc(C)ccc1N.COC(=O)c1cc(C)ccc1NC(=O)c1ccccc1OC.COC(=O)c1cc(CBr)ccc1NC(=O)c1ccccc1OC.COC(=O)c1cc(CN2CCN(c3ccccn3)CC2)ccc1NC(=O)c1ccccc1OC. The molecule has 0 bridgehead atoms. The number of piperazine rings is 1. The second-order valence-electron chi connectivity index (χ2n) is 19.9. The number of nitrogen functional groups attached to an aromatic ring is 1. The third kappa shape index (κ3) is 19.5. The summed E-state index contributed by atoms with van der Waals surface area (Å²) in [5, 5.41) is 8.88. The van der Waals surface area contributed by atoms with E-state index in [1.165, 1.54) is 49.8 Å². The number of aromatic nitrogens is 1. The smallest absolute Gasteiger partial charge is 0.339 e. The number of halogens is 1. The van der Waals surface area contributed by atoms with Crippen molar-refractivity contribution in [2.75, 3.05) is 103 Å². The monoisotopic (exact) mass is 1300 g/mol. The van der Waals surface area contributed by atoms with Crippen LogP contribution in [0, 0.1) is 13.8 Å². The zero-order valence-corrected chi connectivity index (χ0v) is 53.5. The number of nitrogens with two attached hydrogens (primary N) is 1. The molecule has 0 aliphatic carbocycles. The number of amides is 3. The number of anilines is 5. The molecular formula is C69H72BrN7O14. The van der Waals surface area contributed by atoms with Crippen molar-refractivity contribution in [2.24, 2.45) is 0 Å². The molecule has 3 amide bonds. The first-order valence-electron chi connectivity index (χ1n) is 28.2. The first-order chi connectivity index (χ1) is 43.9. The molecule has 1 aliphatic heterocycles. The lowest BCUT2D eigenvalue weighted by Crippen LogP contribution is -2.46. The summed E-state index contributed by atoms with van der Waals surface area (Å²) in [5.41, 5.74) is 13.5. The number of hydrogen-bond donors (Lipinski definition) is 4. The van der Waals surface area contributed by atoms with Crippen LogP contribution in [0.4, 0.5) is 28.6 Å². The van der Waals surface area contributed by atoms with Crippen LogP contribution < -0.4 is 40.8 Å². The predicted molar refractivity (Wildman–Crippen MR) is 352 cm³/mol. The molecule has 9 rings (SSSR count). The highest BCUT2D eigenvalue weighted by Gasteiger charge is 2.23. The fourth-order valence-electron chi connectivity index (χ4n) is 9.14. The summed E-state index contributed by atoms with van der Waals surface area (Å²) < 4.78 is 34.7. The highest BCUT2D eigenvalue weighted by Crippen LogP contribution is 2.28. The Balaban J connectivity index is 0.000000204. The number of nitrogens with one attached hydrogen (secondary N) is 3. The Morgan fingerprint density at radius 3 is 1.23 bits per heavy atom. The number of carbonyl (C=O) groups is 7. The van der Waals surface area contributed by atoms with Crippen LogP contribution in [-0.4, -0.2) is 127 Å². The number of nitrogens with zero attached hydrogens (tertiary/aromatic N) is 3. The number of rotatable bonds is 17. The van der Waals surface area contributed by atoms with Crippen molar-refractivity contribution in [2.45, 2.75) is 25.7 Å². The molecule has 474 valence electrons. The quantitative estimate of drug-likeness (QED) is 0.0286. The number of aryl methyl sites for hydroxylation is 2. The second-order valence-corrected chi connectivity index (χ2v) is 20.5. The number of ether oxygens (including phenoxy) is 7. The number of pyridine rings is 1. The normalized spacial score (nSPS) is 11.4. The van der Waals surface area contributed by atoms with Gasteiger partial charge in [-0.25, -0.2) is 24.2 Å². The predicted octanol–water partition coefficient (Wildman–Crippen LogP) is 11.5. The molecule has 0 spiro atoms. The molecule has 1 aromatic heterocycles. The third-order valence-electron chi connectivity index (χ3n) is 13.9. The molecule has 0 saturated carbocycles. The van der Waals surface area contributed by atoms with Gasteiger partial charge in [0.05, 0.1) is 106 Å². The van der Waals surface area contributed by atoms with E-state index in [0.717, 1.165) is 54.3 Å². The Hall–Kier alpha value is -10.6. The van der Waals surface area contributed by atoms with E-state index in [0.29, 0.717) is 90.8 Å². The van der Waals surface area contributed by atoms with E-state index in [-0.39, 0.29) is 17.7 Å². The van der Waals surface area contributed by atoms with Gasteiger partial charge >= 0.3 is 23.9 Å².